The zero-order valence-corrected chi connectivity index (χ0v) is 12.8. The van der Waals surface area contributed by atoms with Crippen molar-refractivity contribution in [3.8, 4) is 0 Å². The predicted molar refractivity (Wildman–Crippen MR) is 77.3 cm³/mol. The first-order valence-corrected chi connectivity index (χ1v) is 7.38. The number of likely N-dealkylation sites (N-methyl/N-ethyl adjacent to an activating group) is 1. The third kappa shape index (κ3) is 4.33. The maximum atomic E-state index is 11.8. The minimum absolute atomic E-state index is 0.0843. The van der Waals surface area contributed by atoms with E-state index in [-0.39, 0.29) is 5.91 Å². The molecule has 2 rings (SSSR count). The van der Waals surface area contributed by atoms with Gasteiger partial charge in [-0.15, -0.1) is 0 Å². The molecule has 1 saturated heterocycles. The number of furan rings is 1. The van der Waals surface area contributed by atoms with Gasteiger partial charge < -0.3 is 19.5 Å². The van der Waals surface area contributed by atoms with E-state index in [2.05, 4.69) is 38.1 Å². The van der Waals surface area contributed by atoms with Crippen LogP contribution in [-0.2, 0) is 0 Å². The molecule has 19 heavy (non-hydrogen) atoms. The van der Waals surface area contributed by atoms with Gasteiger partial charge in [0.25, 0.3) is 5.91 Å². The molecule has 5 nitrogen and oxygen atoms in total. The van der Waals surface area contributed by atoms with E-state index in [0.29, 0.717) is 16.8 Å². The first kappa shape index (κ1) is 14.6. The van der Waals surface area contributed by atoms with Crippen LogP contribution in [0.3, 0.4) is 0 Å². The van der Waals surface area contributed by atoms with E-state index in [4.69, 9.17) is 4.42 Å². The van der Waals surface area contributed by atoms with Crippen LogP contribution in [0.1, 0.15) is 16.8 Å². The third-order valence-electron chi connectivity index (χ3n) is 3.40. The Balaban J connectivity index is 1.62. The van der Waals surface area contributed by atoms with Crippen LogP contribution in [0.15, 0.2) is 21.4 Å². The standard InChI is InChI=1S/C13H20BrN3O2/c1-16-6-8-17(9-7-16)5-2-4-15-13(18)11-3-10-19-12(11)14/h3,10H,2,4-9H2,1H3,(H,15,18). The van der Waals surface area contributed by atoms with Gasteiger partial charge in [0.1, 0.15) is 0 Å². The van der Waals surface area contributed by atoms with Crippen molar-refractivity contribution in [1.82, 2.24) is 15.1 Å². The molecule has 2 heterocycles. The molecule has 0 spiro atoms. The lowest BCUT2D eigenvalue weighted by atomic mass is 10.3. The van der Waals surface area contributed by atoms with Crippen molar-refractivity contribution >= 4 is 21.8 Å². The van der Waals surface area contributed by atoms with Crippen LogP contribution in [0, 0.1) is 0 Å². The number of nitrogens with one attached hydrogen (secondary N) is 1. The highest BCUT2D eigenvalue weighted by molar-refractivity contribution is 9.10. The smallest absolute Gasteiger partial charge is 0.255 e. The molecule has 106 valence electrons. The van der Waals surface area contributed by atoms with E-state index in [9.17, 15) is 4.79 Å². The second kappa shape index (κ2) is 7.07. The van der Waals surface area contributed by atoms with Gasteiger partial charge in [0.05, 0.1) is 11.8 Å². The molecule has 1 amide bonds. The Morgan fingerprint density at radius 2 is 2.16 bits per heavy atom. The molecule has 1 aromatic rings. The fraction of sp³-hybridized carbons (Fsp3) is 0.615. The van der Waals surface area contributed by atoms with Gasteiger partial charge in [-0.25, -0.2) is 0 Å². The van der Waals surface area contributed by atoms with E-state index in [1.807, 2.05) is 0 Å². The Morgan fingerprint density at radius 1 is 1.42 bits per heavy atom. The lowest BCUT2D eigenvalue weighted by Gasteiger charge is -2.32. The van der Waals surface area contributed by atoms with Crippen LogP contribution in [-0.4, -0.2) is 62.0 Å². The number of halogens is 1. The van der Waals surface area contributed by atoms with Crippen LogP contribution in [0.4, 0.5) is 0 Å². The van der Waals surface area contributed by atoms with Crippen LogP contribution >= 0.6 is 15.9 Å². The van der Waals surface area contributed by atoms with Crippen molar-refractivity contribution in [2.24, 2.45) is 0 Å². The number of carbonyl (C=O) groups is 1. The maximum absolute atomic E-state index is 11.8. The summed E-state index contributed by atoms with van der Waals surface area (Å²) >= 11 is 3.20. The highest BCUT2D eigenvalue weighted by atomic mass is 79.9. The van der Waals surface area contributed by atoms with Crippen LogP contribution in [0.25, 0.3) is 0 Å². The number of piperazine rings is 1. The number of rotatable bonds is 5. The summed E-state index contributed by atoms with van der Waals surface area (Å²) in [5.74, 6) is -0.0843. The summed E-state index contributed by atoms with van der Waals surface area (Å²) in [5, 5.41) is 2.91. The molecule has 0 aromatic carbocycles. The van der Waals surface area contributed by atoms with E-state index in [1.54, 1.807) is 6.07 Å². The lowest BCUT2D eigenvalue weighted by molar-refractivity contribution is 0.0947. The SMILES string of the molecule is CN1CCN(CCCNC(=O)c2ccoc2Br)CC1. The van der Waals surface area contributed by atoms with Crippen molar-refractivity contribution in [1.29, 1.82) is 0 Å². The molecular formula is C13H20BrN3O2. The largest absolute Gasteiger partial charge is 0.457 e. The minimum Gasteiger partial charge on any atom is -0.457 e. The van der Waals surface area contributed by atoms with Gasteiger partial charge in [-0.05, 0) is 42.0 Å². The first-order chi connectivity index (χ1) is 9.16. The molecule has 1 aromatic heterocycles. The lowest BCUT2D eigenvalue weighted by Crippen LogP contribution is -2.45. The molecule has 1 fully saturated rings. The summed E-state index contributed by atoms with van der Waals surface area (Å²) in [7, 11) is 2.15. The van der Waals surface area contributed by atoms with Crippen molar-refractivity contribution in [2.45, 2.75) is 6.42 Å². The second-order valence-corrected chi connectivity index (χ2v) is 5.58. The van der Waals surface area contributed by atoms with Gasteiger partial charge in [0, 0.05) is 32.7 Å². The monoisotopic (exact) mass is 329 g/mol. The average molecular weight is 330 g/mol. The van der Waals surface area contributed by atoms with Crippen LogP contribution in [0.2, 0.25) is 0 Å². The van der Waals surface area contributed by atoms with E-state index >= 15 is 0 Å². The highest BCUT2D eigenvalue weighted by Gasteiger charge is 2.14. The van der Waals surface area contributed by atoms with E-state index < -0.39 is 0 Å². The number of hydrogen-bond acceptors (Lipinski definition) is 4. The summed E-state index contributed by atoms with van der Waals surface area (Å²) in [5.41, 5.74) is 0.555. The van der Waals surface area contributed by atoms with Gasteiger partial charge >= 0.3 is 0 Å². The molecule has 0 unspecified atom stereocenters. The normalized spacial score (nSPS) is 17.6. The Morgan fingerprint density at radius 3 is 2.79 bits per heavy atom. The van der Waals surface area contributed by atoms with E-state index in [1.165, 1.54) is 6.26 Å². The second-order valence-electron chi connectivity index (χ2n) is 4.86. The average Bonchev–Trinajstić information content (AvgIpc) is 2.83. The van der Waals surface area contributed by atoms with Gasteiger partial charge in [-0.2, -0.15) is 0 Å². The Hall–Kier alpha value is -0.850. The molecule has 6 heteroatoms. The Labute approximate surface area is 122 Å². The van der Waals surface area contributed by atoms with Gasteiger partial charge in [0.15, 0.2) is 4.67 Å². The molecular weight excluding hydrogens is 310 g/mol. The molecule has 0 atom stereocenters. The molecule has 1 aliphatic rings. The minimum atomic E-state index is -0.0843. The zero-order chi connectivity index (χ0) is 13.7. The summed E-state index contributed by atoms with van der Waals surface area (Å²) in [6.45, 7) is 6.25. The first-order valence-electron chi connectivity index (χ1n) is 6.59. The van der Waals surface area contributed by atoms with E-state index in [0.717, 1.165) is 39.1 Å². The molecule has 0 bridgehead atoms. The van der Waals surface area contributed by atoms with Gasteiger partial charge in [-0.1, -0.05) is 0 Å². The molecule has 1 N–H and O–H groups in total. The summed E-state index contributed by atoms with van der Waals surface area (Å²) in [6.07, 6.45) is 2.48. The molecule has 0 aliphatic carbocycles. The number of amides is 1. The summed E-state index contributed by atoms with van der Waals surface area (Å²) < 4.78 is 5.53. The predicted octanol–water partition coefficient (Wildman–Crippen LogP) is 1.41. The number of nitrogens with zero attached hydrogens (tertiary/aromatic N) is 2. The zero-order valence-electron chi connectivity index (χ0n) is 11.2. The summed E-state index contributed by atoms with van der Waals surface area (Å²) in [4.78, 5) is 16.6. The van der Waals surface area contributed by atoms with Crippen LogP contribution < -0.4 is 5.32 Å². The quantitative estimate of drug-likeness (QED) is 0.830. The fourth-order valence-corrected chi connectivity index (χ4v) is 2.55. The van der Waals surface area contributed by atoms with Crippen molar-refractivity contribution < 1.29 is 9.21 Å². The van der Waals surface area contributed by atoms with Gasteiger partial charge in [0.2, 0.25) is 0 Å². The Kier molecular flexibility index (Phi) is 5.42. The summed E-state index contributed by atoms with van der Waals surface area (Å²) in [6, 6.07) is 1.67. The van der Waals surface area contributed by atoms with Crippen molar-refractivity contribution in [3.63, 3.8) is 0 Å². The molecule has 1 aliphatic heterocycles. The number of carbonyl (C=O) groups excluding carboxylic acids is 1. The highest BCUT2D eigenvalue weighted by Crippen LogP contribution is 2.16. The van der Waals surface area contributed by atoms with Crippen LogP contribution in [0.5, 0.6) is 0 Å². The molecule has 0 radical (unpaired) electrons. The van der Waals surface area contributed by atoms with Crippen molar-refractivity contribution in [3.05, 3.63) is 22.6 Å². The Bertz CT molecular complexity index is 414. The maximum Gasteiger partial charge on any atom is 0.255 e. The fourth-order valence-electron chi connectivity index (χ4n) is 2.13. The topological polar surface area (TPSA) is 48.7 Å². The third-order valence-corrected chi connectivity index (χ3v) is 4.01. The van der Waals surface area contributed by atoms with Gasteiger partial charge in [-0.3, -0.25) is 4.79 Å². The van der Waals surface area contributed by atoms with Crippen molar-refractivity contribution in [2.75, 3.05) is 46.3 Å². The molecule has 0 saturated carbocycles. The number of hydrogen-bond donors (Lipinski definition) is 1.